The maximum atomic E-state index is 12.9. The monoisotopic (exact) mass is 366 g/mol. The van der Waals surface area contributed by atoms with Gasteiger partial charge < -0.3 is 14.6 Å². The number of nitrogens with zero attached hydrogens (tertiary/aromatic N) is 5. The SMILES string of the molecule is COc1nc(C(=O)N2Cc3[nH]cnc3C(CCc3ccccc3)C2)nn1C. The van der Waals surface area contributed by atoms with Crippen molar-refractivity contribution in [2.75, 3.05) is 13.7 Å². The first kappa shape index (κ1) is 17.3. The van der Waals surface area contributed by atoms with Gasteiger partial charge in [-0.25, -0.2) is 9.67 Å². The van der Waals surface area contributed by atoms with Gasteiger partial charge in [-0.05, 0) is 18.4 Å². The van der Waals surface area contributed by atoms with Crippen molar-refractivity contribution in [2.24, 2.45) is 7.05 Å². The number of imidazole rings is 1. The highest BCUT2D eigenvalue weighted by Gasteiger charge is 2.32. The molecule has 1 N–H and O–H groups in total. The zero-order valence-corrected chi connectivity index (χ0v) is 15.4. The minimum absolute atomic E-state index is 0.152. The number of methoxy groups -OCH3 is 1. The third-order valence-corrected chi connectivity index (χ3v) is 4.94. The number of fused-ring (bicyclic) bond motifs is 1. The molecule has 8 nitrogen and oxygen atoms in total. The van der Waals surface area contributed by atoms with Crippen molar-refractivity contribution in [3.63, 3.8) is 0 Å². The number of carbonyl (C=O) groups is 1. The molecular weight excluding hydrogens is 344 g/mol. The number of aryl methyl sites for hydroxylation is 2. The number of benzene rings is 1. The zero-order chi connectivity index (χ0) is 18.8. The van der Waals surface area contributed by atoms with E-state index in [-0.39, 0.29) is 17.6 Å². The van der Waals surface area contributed by atoms with Crippen LogP contribution in [-0.4, -0.2) is 49.2 Å². The Morgan fingerprint density at radius 1 is 1.33 bits per heavy atom. The Morgan fingerprint density at radius 3 is 2.89 bits per heavy atom. The average Bonchev–Trinajstić information content (AvgIpc) is 3.32. The molecule has 0 bridgehead atoms. The van der Waals surface area contributed by atoms with Crippen LogP contribution in [0.15, 0.2) is 36.7 Å². The first-order valence-corrected chi connectivity index (χ1v) is 8.96. The highest BCUT2D eigenvalue weighted by Crippen LogP contribution is 2.30. The minimum atomic E-state index is -0.195. The lowest BCUT2D eigenvalue weighted by Crippen LogP contribution is -2.39. The van der Waals surface area contributed by atoms with Crippen molar-refractivity contribution < 1.29 is 9.53 Å². The Kier molecular flexibility index (Phi) is 4.62. The molecule has 0 saturated carbocycles. The number of aromatic nitrogens is 5. The van der Waals surface area contributed by atoms with Crippen LogP contribution in [0.25, 0.3) is 0 Å². The molecule has 3 heterocycles. The number of rotatable bonds is 5. The van der Waals surface area contributed by atoms with E-state index in [0.717, 1.165) is 24.2 Å². The van der Waals surface area contributed by atoms with Gasteiger partial charge in [0.05, 0.1) is 31.4 Å². The molecule has 27 heavy (non-hydrogen) atoms. The number of aromatic amines is 1. The largest absolute Gasteiger partial charge is 0.467 e. The van der Waals surface area contributed by atoms with Crippen LogP contribution in [0.5, 0.6) is 6.01 Å². The van der Waals surface area contributed by atoms with Crippen LogP contribution >= 0.6 is 0 Å². The fourth-order valence-corrected chi connectivity index (χ4v) is 3.57. The molecule has 0 aliphatic carbocycles. The second-order valence-electron chi connectivity index (χ2n) is 6.72. The summed E-state index contributed by atoms with van der Waals surface area (Å²) in [6.07, 6.45) is 3.57. The molecule has 1 aliphatic heterocycles. The molecule has 4 rings (SSSR count). The molecule has 1 atom stereocenters. The summed E-state index contributed by atoms with van der Waals surface area (Å²) >= 11 is 0. The summed E-state index contributed by atoms with van der Waals surface area (Å²) in [6.45, 7) is 1.08. The van der Waals surface area contributed by atoms with Crippen molar-refractivity contribution in [1.29, 1.82) is 0 Å². The molecule has 0 fully saturated rings. The predicted molar refractivity (Wildman–Crippen MR) is 98.4 cm³/mol. The lowest BCUT2D eigenvalue weighted by atomic mass is 9.92. The summed E-state index contributed by atoms with van der Waals surface area (Å²) in [4.78, 5) is 26.6. The molecule has 0 saturated heterocycles. The number of hydrogen-bond acceptors (Lipinski definition) is 5. The van der Waals surface area contributed by atoms with Gasteiger partial charge in [-0.3, -0.25) is 4.79 Å². The Morgan fingerprint density at radius 2 is 2.15 bits per heavy atom. The van der Waals surface area contributed by atoms with Crippen LogP contribution in [0.3, 0.4) is 0 Å². The van der Waals surface area contributed by atoms with Gasteiger partial charge >= 0.3 is 6.01 Å². The van der Waals surface area contributed by atoms with Crippen LogP contribution < -0.4 is 4.74 Å². The molecule has 3 aromatic rings. The van der Waals surface area contributed by atoms with E-state index in [1.165, 1.54) is 17.4 Å². The van der Waals surface area contributed by atoms with Gasteiger partial charge in [-0.2, -0.15) is 4.98 Å². The normalized spacial score (nSPS) is 16.2. The Hall–Kier alpha value is -3.16. The Balaban J connectivity index is 1.52. The van der Waals surface area contributed by atoms with Gasteiger partial charge in [0, 0.05) is 19.5 Å². The molecular formula is C19H22N6O2. The first-order chi connectivity index (χ1) is 13.2. The van der Waals surface area contributed by atoms with Crippen LogP contribution in [0.1, 0.15) is 39.9 Å². The smallest absolute Gasteiger partial charge is 0.314 e. The highest BCUT2D eigenvalue weighted by molar-refractivity contribution is 5.90. The third kappa shape index (κ3) is 3.42. The van der Waals surface area contributed by atoms with Gasteiger partial charge in [0.2, 0.25) is 5.82 Å². The summed E-state index contributed by atoms with van der Waals surface area (Å²) in [7, 11) is 3.21. The van der Waals surface area contributed by atoms with Crippen LogP contribution in [0, 0.1) is 0 Å². The molecule has 1 amide bonds. The van der Waals surface area contributed by atoms with Crippen molar-refractivity contribution in [3.05, 3.63) is 59.4 Å². The van der Waals surface area contributed by atoms with Gasteiger partial charge in [0.15, 0.2) is 0 Å². The second kappa shape index (κ2) is 7.22. The second-order valence-corrected chi connectivity index (χ2v) is 6.72. The standard InChI is InChI=1S/C19H22N6O2/c1-24-19(27-2)22-17(23-24)18(26)25-10-14(16-15(11-25)20-12-21-16)9-8-13-6-4-3-5-7-13/h3-7,12,14H,8-11H2,1-2H3,(H,20,21). The van der Waals surface area contributed by atoms with E-state index in [1.807, 2.05) is 18.2 Å². The van der Waals surface area contributed by atoms with Crippen molar-refractivity contribution >= 4 is 5.91 Å². The van der Waals surface area contributed by atoms with Crippen molar-refractivity contribution in [1.82, 2.24) is 29.6 Å². The van der Waals surface area contributed by atoms with Crippen LogP contribution in [0.4, 0.5) is 0 Å². The summed E-state index contributed by atoms with van der Waals surface area (Å²) in [5.41, 5.74) is 3.33. The van der Waals surface area contributed by atoms with Crippen LogP contribution in [-0.2, 0) is 20.0 Å². The van der Waals surface area contributed by atoms with E-state index in [2.05, 4.69) is 32.2 Å². The fourth-order valence-electron chi connectivity index (χ4n) is 3.57. The molecule has 1 aromatic carbocycles. The Bertz CT molecular complexity index is 933. The molecule has 0 spiro atoms. The van der Waals surface area contributed by atoms with E-state index >= 15 is 0 Å². The number of ether oxygens (including phenoxy) is 1. The van der Waals surface area contributed by atoms with Gasteiger partial charge in [-0.1, -0.05) is 30.3 Å². The number of H-pyrrole nitrogens is 1. The number of nitrogens with one attached hydrogen (secondary N) is 1. The zero-order valence-electron chi connectivity index (χ0n) is 15.4. The molecule has 8 heteroatoms. The summed E-state index contributed by atoms with van der Waals surface area (Å²) in [5, 5.41) is 4.18. The third-order valence-electron chi connectivity index (χ3n) is 4.94. The maximum absolute atomic E-state index is 12.9. The molecule has 0 radical (unpaired) electrons. The molecule has 1 aliphatic rings. The lowest BCUT2D eigenvalue weighted by molar-refractivity contribution is 0.0698. The van der Waals surface area contributed by atoms with E-state index in [1.54, 1.807) is 18.3 Å². The van der Waals surface area contributed by atoms with E-state index < -0.39 is 0 Å². The fraction of sp³-hybridized carbons (Fsp3) is 0.368. The topological polar surface area (TPSA) is 88.9 Å². The van der Waals surface area contributed by atoms with Crippen molar-refractivity contribution in [3.8, 4) is 6.01 Å². The first-order valence-electron chi connectivity index (χ1n) is 8.96. The van der Waals surface area contributed by atoms with Crippen LogP contribution in [0.2, 0.25) is 0 Å². The number of hydrogen-bond donors (Lipinski definition) is 1. The Labute approximate surface area is 157 Å². The molecule has 2 aromatic heterocycles. The lowest BCUT2D eigenvalue weighted by Gasteiger charge is -2.31. The van der Waals surface area contributed by atoms with Gasteiger partial charge in [-0.15, -0.1) is 5.10 Å². The average molecular weight is 366 g/mol. The quantitative estimate of drug-likeness (QED) is 0.745. The van der Waals surface area contributed by atoms with Crippen molar-refractivity contribution in [2.45, 2.75) is 25.3 Å². The molecule has 140 valence electrons. The van der Waals surface area contributed by atoms with E-state index in [9.17, 15) is 4.79 Å². The summed E-state index contributed by atoms with van der Waals surface area (Å²) in [6, 6.07) is 10.7. The number of carbonyl (C=O) groups excluding carboxylic acids is 1. The minimum Gasteiger partial charge on any atom is -0.467 e. The number of amides is 1. The van der Waals surface area contributed by atoms with E-state index in [0.29, 0.717) is 19.1 Å². The predicted octanol–water partition coefficient (Wildman–Crippen LogP) is 1.92. The van der Waals surface area contributed by atoms with Gasteiger partial charge in [0.1, 0.15) is 0 Å². The summed E-state index contributed by atoms with van der Waals surface area (Å²) < 4.78 is 6.58. The maximum Gasteiger partial charge on any atom is 0.314 e. The van der Waals surface area contributed by atoms with E-state index in [4.69, 9.17) is 4.74 Å². The van der Waals surface area contributed by atoms with Gasteiger partial charge in [0.25, 0.3) is 5.91 Å². The highest BCUT2D eigenvalue weighted by atomic mass is 16.5. The molecule has 1 unspecified atom stereocenters. The summed E-state index contributed by atoms with van der Waals surface area (Å²) in [5.74, 6) is 0.132.